The van der Waals surface area contributed by atoms with Crippen molar-refractivity contribution in [3.05, 3.63) is 12.1 Å². The molecule has 0 unspecified atom stereocenters. The van der Waals surface area contributed by atoms with E-state index < -0.39 is 0 Å². The van der Waals surface area contributed by atoms with E-state index in [0.717, 1.165) is 38.3 Å². The van der Waals surface area contributed by atoms with Gasteiger partial charge in [-0.15, -0.1) is 0 Å². The van der Waals surface area contributed by atoms with Crippen molar-refractivity contribution in [3.8, 4) is 5.88 Å². The lowest BCUT2D eigenvalue weighted by Gasteiger charge is -2.34. The molecule has 6 heteroatoms. The summed E-state index contributed by atoms with van der Waals surface area (Å²) in [6.45, 7) is 3.90. The molecule has 1 aromatic heterocycles. The van der Waals surface area contributed by atoms with Gasteiger partial charge in [0.05, 0.1) is 13.7 Å². The second-order valence-corrected chi connectivity index (χ2v) is 4.26. The van der Waals surface area contributed by atoms with Crippen LogP contribution in [0.25, 0.3) is 0 Å². The standard InChI is InChI=1S/C12H18N4O2/c1-18-12-9-10(13)8-11(14-12)16-4-2-15(3-5-16)6-7-17/h7-9H,2-6H2,1H3,(H2,13,14). The number of methoxy groups -OCH3 is 1. The summed E-state index contributed by atoms with van der Waals surface area (Å²) in [4.78, 5) is 19.1. The average Bonchev–Trinajstić information content (AvgIpc) is 2.39. The predicted octanol–water partition coefficient (Wildman–Crippen LogP) is -0.00670. The predicted molar refractivity (Wildman–Crippen MR) is 69.9 cm³/mol. The highest BCUT2D eigenvalue weighted by Gasteiger charge is 2.18. The maximum Gasteiger partial charge on any atom is 0.216 e. The second-order valence-electron chi connectivity index (χ2n) is 4.26. The van der Waals surface area contributed by atoms with E-state index in [1.54, 1.807) is 13.2 Å². The van der Waals surface area contributed by atoms with Gasteiger partial charge in [0.25, 0.3) is 0 Å². The van der Waals surface area contributed by atoms with E-state index in [2.05, 4.69) is 14.8 Å². The first-order valence-electron chi connectivity index (χ1n) is 5.95. The van der Waals surface area contributed by atoms with Gasteiger partial charge in [-0.25, -0.2) is 0 Å². The molecular weight excluding hydrogens is 232 g/mol. The van der Waals surface area contributed by atoms with Crippen LogP contribution in [0.2, 0.25) is 0 Å². The summed E-state index contributed by atoms with van der Waals surface area (Å²) >= 11 is 0. The van der Waals surface area contributed by atoms with Gasteiger partial charge in [-0.3, -0.25) is 4.90 Å². The zero-order valence-electron chi connectivity index (χ0n) is 10.5. The number of hydrogen-bond donors (Lipinski definition) is 1. The molecule has 1 saturated heterocycles. The summed E-state index contributed by atoms with van der Waals surface area (Å²) in [6.07, 6.45) is 0.942. The quantitative estimate of drug-likeness (QED) is 0.758. The third-order valence-corrected chi connectivity index (χ3v) is 3.05. The highest BCUT2D eigenvalue weighted by atomic mass is 16.5. The topological polar surface area (TPSA) is 71.7 Å². The Morgan fingerprint density at radius 3 is 2.72 bits per heavy atom. The fraction of sp³-hybridized carbons (Fsp3) is 0.500. The maximum absolute atomic E-state index is 10.5. The van der Waals surface area contributed by atoms with Crippen molar-refractivity contribution in [2.75, 3.05) is 50.5 Å². The summed E-state index contributed by atoms with van der Waals surface area (Å²) in [6, 6.07) is 3.55. The molecule has 98 valence electrons. The molecule has 1 aromatic rings. The number of rotatable bonds is 4. The number of carbonyl (C=O) groups is 1. The highest BCUT2D eigenvalue weighted by Crippen LogP contribution is 2.21. The van der Waals surface area contributed by atoms with Crippen molar-refractivity contribution in [1.29, 1.82) is 0 Å². The smallest absolute Gasteiger partial charge is 0.216 e. The Bertz CT molecular complexity index is 417. The third-order valence-electron chi connectivity index (χ3n) is 3.05. The van der Waals surface area contributed by atoms with Crippen LogP contribution in [0.5, 0.6) is 5.88 Å². The summed E-state index contributed by atoms with van der Waals surface area (Å²) < 4.78 is 5.11. The lowest BCUT2D eigenvalue weighted by molar-refractivity contribution is -0.108. The molecule has 0 amide bonds. The number of ether oxygens (including phenoxy) is 1. The summed E-state index contributed by atoms with van der Waals surface area (Å²) in [5.41, 5.74) is 6.46. The Balaban J connectivity index is 2.04. The number of hydrogen-bond acceptors (Lipinski definition) is 6. The molecule has 0 atom stereocenters. The van der Waals surface area contributed by atoms with Crippen LogP contribution in [0, 0.1) is 0 Å². The Kier molecular flexibility index (Phi) is 3.99. The summed E-state index contributed by atoms with van der Waals surface area (Å²) in [7, 11) is 1.58. The number of nitrogens with two attached hydrogens (primary N) is 1. The van der Waals surface area contributed by atoms with Gasteiger partial charge < -0.3 is 20.2 Å². The molecule has 6 nitrogen and oxygen atoms in total. The van der Waals surface area contributed by atoms with Crippen molar-refractivity contribution >= 4 is 17.8 Å². The van der Waals surface area contributed by atoms with E-state index in [9.17, 15) is 4.79 Å². The third kappa shape index (κ3) is 2.89. The van der Waals surface area contributed by atoms with E-state index in [4.69, 9.17) is 10.5 Å². The fourth-order valence-corrected chi connectivity index (χ4v) is 2.04. The monoisotopic (exact) mass is 250 g/mol. The Labute approximate surface area is 106 Å². The van der Waals surface area contributed by atoms with Crippen molar-refractivity contribution in [1.82, 2.24) is 9.88 Å². The Morgan fingerprint density at radius 2 is 2.11 bits per heavy atom. The molecule has 2 N–H and O–H groups in total. The van der Waals surface area contributed by atoms with Gasteiger partial charge in [-0.1, -0.05) is 0 Å². The van der Waals surface area contributed by atoms with Crippen LogP contribution in [0.1, 0.15) is 0 Å². The first-order valence-corrected chi connectivity index (χ1v) is 5.95. The van der Waals surface area contributed by atoms with Crippen LogP contribution < -0.4 is 15.4 Å². The van der Waals surface area contributed by atoms with Crippen LogP contribution in [-0.4, -0.2) is 56.0 Å². The van der Waals surface area contributed by atoms with Crippen molar-refractivity contribution in [3.63, 3.8) is 0 Å². The van der Waals surface area contributed by atoms with Gasteiger partial charge in [0, 0.05) is 44.0 Å². The molecule has 0 radical (unpaired) electrons. The number of nitrogens with zero attached hydrogens (tertiary/aromatic N) is 3. The number of carbonyl (C=O) groups excluding carboxylic acids is 1. The molecule has 0 aromatic carbocycles. The van der Waals surface area contributed by atoms with Gasteiger partial charge in [0.1, 0.15) is 12.1 Å². The molecular formula is C12H18N4O2. The van der Waals surface area contributed by atoms with Gasteiger partial charge in [0.15, 0.2) is 0 Å². The first kappa shape index (κ1) is 12.6. The molecule has 2 rings (SSSR count). The first-order chi connectivity index (χ1) is 8.72. The number of aromatic nitrogens is 1. The number of piperazine rings is 1. The molecule has 0 spiro atoms. The van der Waals surface area contributed by atoms with Crippen molar-refractivity contribution < 1.29 is 9.53 Å². The average molecular weight is 250 g/mol. The molecule has 2 heterocycles. The van der Waals surface area contributed by atoms with E-state index in [0.29, 0.717) is 18.1 Å². The van der Waals surface area contributed by atoms with E-state index in [1.807, 2.05) is 6.07 Å². The van der Waals surface area contributed by atoms with Crippen LogP contribution in [0.15, 0.2) is 12.1 Å². The molecule has 1 aliphatic rings. The Morgan fingerprint density at radius 1 is 1.39 bits per heavy atom. The van der Waals surface area contributed by atoms with E-state index >= 15 is 0 Å². The molecule has 0 saturated carbocycles. The zero-order chi connectivity index (χ0) is 13.0. The highest BCUT2D eigenvalue weighted by molar-refractivity contribution is 5.54. The lowest BCUT2D eigenvalue weighted by atomic mass is 10.3. The number of anilines is 2. The van der Waals surface area contributed by atoms with Crippen LogP contribution in [0.4, 0.5) is 11.5 Å². The molecule has 1 aliphatic heterocycles. The normalized spacial score (nSPS) is 16.6. The number of nitrogen functional groups attached to an aromatic ring is 1. The molecule has 18 heavy (non-hydrogen) atoms. The second kappa shape index (κ2) is 5.68. The lowest BCUT2D eigenvalue weighted by Crippen LogP contribution is -2.47. The van der Waals surface area contributed by atoms with E-state index in [-0.39, 0.29) is 0 Å². The van der Waals surface area contributed by atoms with Crippen molar-refractivity contribution in [2.45, 2.75) is 0 Å². The van der Waals surface area contributed by atoms with Gasteiger partial charge in [-0.05, 0) is 0 Å². The van der Waals surface area contributed by atoms with Gasteiger partial charge in [-0.2, -0.15) is 4.98 Å². The van der Waals surface area contributed by atoms with E-state index in [1.165, 1.54) is 0 Å². The molecule has 1 fully saturated rings. The fourth-order valence-electron chi connectivity index (χ4n) is 2.04. The Hall–Kier alpha value is -1.82. The van der Waals surface area contributed by atoms with Gasteiger partial charge in [0.2, 0.25) is 5.88 Å². The van der Waals surface area contributed by atoms with Crippen molar-refractivity contribution in [2.24, 2.45) is 0 Å². The zero-order valence-corrected chi connectivity index (χ0v) is 10.5. The SMILES string of the molecule is COc1cc(N)cc(N2CCN(CC=O)CC2)n1. The van der Waals surface area contributed by atoms with Crippen LogP contribution >= 0.6 is 0 Å². The largest absolute Gasteiger partial charge is 0.481 e. The summed E-state index contributed by atoms with van der Waals surface area (Å²) in [5.74, 6) is 1.36. The van der Waals surface area contributed by atoms with Crippen LogP contribution in [-0.2, 0) is 4.79 Å². The summed E-state index contributed by atoms with van der Waals surface area (Å²) in [5, 5.41) is 0. The number of pyridine rings is 1. The van der Waals surface area contributed by atoms with Gasteiger partial charge >= 0.3 is 0 Å². The maximum atomic E-state index is 10.5. The molecule has 0 bridgehead atoms. The minimum atomic E-state index is 0.502. The minimum Gasteiger partial charge on any atom is -0.481 e. The molecule has 0 aliphatic carbocycles. The van der Waals surface area contributed by atoms with Crippen LogP contribution in [0.3, 0.4) is 0 Å². The minimum absolute atomic E-state index is 0.502. The number of aldehydes is 1.